The molecule has 3 heterocycles. The van der Waals surface area contributed by atoms with Crippen LogP contribution in [0.3, 0.4) is 0 Å². The summed E-state index contributed by atoms with van der Waals surface area (Å²) in [7, 11) is 3.27. The Morgan fingerprint density at radius 2 is 2.08 bits per heavy atom. The van der Waals surface area contributed by atoms with E-state index >= 15 is 0 Å². The minimum absolute atomic E-state index is 0.0359. The Bertz CT molecular complexity index is 817. The normalized spacial score (nSPS) is 19.7. The van der Waals surface area contributed by atoms with Crippen LogP contribution < -0.4 is 19.7 Å². The number of morpholine rings is 1. The third-order valence-corrected chi connectivity index (χ3v) is 5.93. The number of rotatable bonds is 4. The van der Waals surface area contributed by atoms with Crippen molar-refractivity contribution in [2.24, 2.45) is 0 Å². The van der Waals surface area contributed by atoms with Gasteiger partial charge in [0.25, 0.3) is 0 Å². The molecule has 0 spiro atoms. The van der Waals surface area contributed by atoms with E-state index in [0.29, 0.717) is 25.5 Å². The molecule has 1 aromatic heterocycles. The van der Waals surface area contributed by atoms with Gasteiger partial charge in [0.1, 0.15) is 17.3 Å². The lowest BCUT2D eigenvalue weighted by Gasteiger charge is -2.26. The molecule has 2 aliphatic rings. The zero-order chi connectivity index (χ0) is 18.1. The number of nitrogens with zero attached hydrogens (tertiary/aromatic N) is 2. The number of hydrogen-bond donors (Lipinski definition) is 1. The lowest BCUT2D eigenvalue weighted by molar-refractivity contribution is -0.116. The van der Waals surface area contributed by atoms with Crippen LogP contribution in [0.25, 0.3) is 0 Å². The highest BCUT2D eigenvalue weighted by Gasteiger charge is 2.33. The van der Waals surface area contributed by atoms with Crippen LogP contribution in [0.5, 0.6) is 11.5 Å². The molecule has 1 fully saturated rings. The first-order valence-corrected chi connectivity index (χ1v) is 9.36. The third kappa shape index (κ3) is 3.10. The Labute approximate surface area is 155 Å². The first-order valence-electron chi connectivity index (χ1n) is 8.54. The number of nitrogens with one attached hydrogen (secondary N) is 1. The average Bonchev–Trinajstić information content (AvgIpc) is 3.11. The number of amides is 1. The maximum atomic E-state index is 12.3. The number of carbonyl (C=O) groups is 1. The van der Waals surface area contributed by atoms with Crippen LogP contribution in [-0.2, 0) is 9.53 Å². The minimum atomic E-state index is -0.101. The first kappa shape index (κ1) is 17.1. The average molecular weight is 375 g/mol. The topological polar surface area (TPSA) is 72.9 Å². The number of thiazole rings is 1. The van der Waals surface area contributed by atoms with Gasteiger partial charge in [0.15, 0.2) is 5.13 Å². The quantitative estimate of drug-likeness (QED) is 0.885. The van der Waals surface area contributed by atoms with Gasteiger partial charge in [0.05, 0.1) is 32.3 Å². The van der Waals surface area contributed by atoms with Crippen molar-refractivity contribution in [3.63, 3.8) is 0 Å². The number of carbonyl (C=O) groups excluding carboxylic acids is 1. The molecule has 8 heteroatoms. The lowest BCUT2D eigenvalue weighted by atomic mass is 9.90. The third-order valence-electron chi connectivity index (χ3n) is 4.70. The number of anilines is 2. The molecule has 1 atom stereocenters. The highest BCUT2D eigenvalue weighted by atomic mass is 32.1. The highest BCUT2D eigenvalue weighted by Crippen LogP contribution is 2.46. The molecular formula is C18H21N3O4S. The number of benzene rings is 1. The predicted octanol–water partition coefficient (Wildman–Crippen LogP) is 2.47. The largest absolute Gasteiger partial charge is 0.497 e. The number of fused-ring (bicyclic) bond motifs is 1. The van der Waals surface area contributed by atoms with Gasteiger partial charge in [0, 0.05) is 31.0 Å². The standard InChI is InChI=1S/C18H21N3O4S/c1-23-11-3-4-14(24-2)12(9-11)13-10-15(22)19-17-16(13)26-18(20-17)21-5-7-25-8-6-21/h3-4,9,13H,5-8,10H2,1-2H3,(H,19,22)/t13-/m1/s1. The van der Waals surface area contributed by atoms with E-state index in [9.17, 15) is 4.79 Å². The maximum absolute atomic E-state index is 12.3. The molecular weight excluding hydrogens is 354 g/mol. The van der Waals surface area contributed by atoms with Crippen LogP contribution in [0, 0.1) is 0 Å². The molecule has 7 nitrogen and oxygen atoms in total. The molecule has 2 aliphatic heterocycles. The SMILES string of the molecule is COc1ccc(OC)c([C@H]2CC(=O)Nc3nc(N4CCOCC4)sc32)c1. The zero-order valence-corrected chi connectivity index (χ0v) is 15.6. The van der Waals surface area contributed by atoms with E-state index < -0.39 is 0 Å². The minimum Gasteiger partial charge on any atom is -0.497 e. The molecule has 2 aromatic rings. The molecule has 0 bridgehead atoms. The first-order chi connectivity index (χ1) is 12.7. The summed E-state index contributed by atoms with van der Waals surface area (Å²) >= 11 is 1.63. The smallest absolute Gasteiger partial charge is 0.226 e. The van der Waals surface area contributed by atoms with Crippen LogP contribution in [0.1, 0.15) is 22.8 Å². The fraction of sp³-hybridized carbons (Fsp3) is 0.444. The predicted molar refractivity (Wildman–Crippen MR) is 99.8 cm³/mol. The van der Waals surface area contributed by atoms with Crippen LogP contribution in [0.15, 0.2) is 18.2 Å². The summed E-state index contributed by atoms with van der Waals surface area (Å²) in [6.45, 7) is 3.02. The zero-order valence-electron chi connectivity index (χ0n) is 14.8. The Balaban J connectivity index is 1.75. The van der Waals surface area contributed by atoms with Crippen molar-refractivity contribution in [2.45, 2.75) is 12.3 Å². The Morgan fingerprint density at radius 3 is 2.81 bits per heavy atom. The Kier molecular flexibility index (Phi) is 4.69. The lowest BCUT2D eigenvalue weighted by Crippen LogP contribution is -2.36. The van der Waals surface area contributed by atoms with Crippen LogP contribution in [-0.4, -0.2) is 51.4 Å². The molecule has 4 rings (SSSR count). The van der Waals surface area contributed by atoms with Crippen molar-refractivity contribution in [1.82, 2.24) is 4.98 Å². The Hall–Kier alpha value is -2.32. The Morgan fingerprint density at radius 1 is 1.27 bits per heavy atom. The monoisotopic (exact) mass is 375 g/mol. The van der Waals surface area contributed by atoms with Gasteiger partial charge in [-0.15, -0.1) is 0 Å². The van der Waals surface area contributed by atoms with E-state index in [1.807, 2.05) is 18.2 Å². The highest BCUT2D eigenvalue weighted by molar-refractivity contribution is 7.16. The van der Waals surface area contributed by atoms with E-state index in [1.165, 1.54) is 0 Å². The van der Waals surface area contributed by atoms with Gasteiger partial charge in [-0.25, -0.2) is 4.98 Å². The van der Waals surface area contributed by atoms with Crippen molar-refractivity contribution in [3.8, 4) is 11.5 Å². The van der Waals surface area contributed by atoms with Gasteiger partial charge in [-0.1, -0.05) is 11.3 Å². The molecule has 0 aliphatic carbocycles. The second kappa shape index (κ2) is 7.13. The van der Waals surface area contributed by atoms with Crippen LogP contribution >= 0.6 is 11.3 Å². The van der Waals surface area contributed by atoms with Gasteiger partial charge >= 0.3 is 0 Å². The fourth-order valence-corrected chi connectivity index (χ4v) is 4.55. The van der Waals surface area contributed by atoms with Gasteiger partial charge in [0.2, 0.25) is 5.91 Å². The van der Waals surface area contributed by atoms with Crippen molar-refractivity contribution in [1.29, 1.82) is 0 Å². The molecule has 1 N–H and O–H groups in total. The molecule has 1 aromatic carbocycles. The van der Waals surface area contributed by atoms with E-state index in [1.54, 1.807) is 25.6 Å². The van der Waals surface area contributed by atoms with Crippen molar-refractivity contribution < 1.29 is 19.0 Å². The molecule has 1 amide bonds. The summed E-state index contributed by atoms with van der Waals surface area (Å²) in [5.74, 6) is 2.01. The van der Waals surface area contributed by atoms with Gasteiger partial charge in [-0.3, -0.25) is 4.79 Å². The van der Waals surface area contributed by atoms with Crippen LogP contribution in [0.2, 0.25) is 0 Å². The second-order valence-corrected chi connectivity index (χ2v) is 7.23. The second-order valence-electron chi connectivity index (χ2n) is 6.22. The summed E-state index contributed by atoms with van der Waals surface area (Å²) in [4.78, 5) is 20.2. The number of aromatic nitrogens is 1. The summed E-state index contributed by atoms with van der Waals surface area (Å²) in [5.41, 5.74) is 0.945. The van der Waals surface area contributed by atoms with Gasteiger partial charge < -0.3 is 24.4 Å². The fourth-order valence-electron chi connectivity index (χ4n) is 3.36. The van der Waals surface area contributed by atoms with Crippen LogP contribution in [0.4, 0.5) is 10.9 Å². The van der Waals surface area contributed by atoms with E-state index in [-0.39, 0.29) is 11.8 Å². The summed E-state index contributed by atoms with van der Waals surface area (Å²) in [5, 5.41) is 3.84. The van der Waals surface area contributed by atoms with Crippen molar-refractivity contribution in [3.05, 3.63) is 28.6 Å². The van der Waals surface area contributed by atoms with E-state index in [0.717, 1.165) is 40.2 Å². The summed E-state index contributed by atoms with van der Waals surface area (Å²) < 4.78 is 16.3. The van der Waals surface area contributed by atoms with Gasteiger partial charge in [-0.2, -0.15) is 0 Å². The summed E-state index contributed by atoms with van der Waals surface area (Å²) in [6.07, 6.45) is 0.362. The van der Waals surface area contributed by atoms with Crippen molar-refractivity contribution in [2.75, 3.05) is 50.7 Å². The molecule has 1 saturated heterocycles. The number of methoxy groups -OCH3 is 2. The molecule has 26 heavy (non-hydrogen) atoms. The van der Waals surface area contributed by atoms with Gasteiger partial charge in [-0.05, 0) is 18.2 Å². The van der Waals surface area contributed by atoms with Crippen molar-refractivity contribution >= 4 is 28.2 Å². The van der Waals surface area contributed by atoms with E-state index in [2.05, 4.69) is 15.2 Å². The molecule has 0 radical (unpaired) electrons. The maximum Gasteiger partial charge on any atom is 0.226 e. The summed E-state index contributed by atoms with van der Waals surface area (Å²) in [6, 6.07) is 5.68. The van der Waals surface area contributed by atoms with E-state index in [4.69, 9.17) is 14.2 Å². The molecule has 138 valence electrons. The molecule has 0 unspecified atom stereocenters. The number of ether oxygens (including phenoxy) is 3. The number of hydrogen-bond acceptors (Lipinski definition) is 7. The molecule has 0 saturated carbocycles.